The van der Waals surface area contributed by atoms with Gasteiger partial charge in [-0.3, -0.25) is 4.79 Å². The highest BCUT2D eigenvalue weighted by Gasteiger charge is 2.26. The Hall–Kier alpha value is -0.870. The van der Waals surface area contributed by atoms with E-state index in [2.05, 4.69) is 34.8 Å². The lowest BCUT2D eigenvalue weighted by molar-refractivity contribution is 0.0571. The maximum Gasteiger partial charge on any atom is 0.255 e. The Morgan fingerprint density at radius 1 is 1.39 bits per heavy atom. The molecule has 0 aliphatic carbocycles. The van der Waals surface area contributed by atoms with Gasteiger partial charge in [0.1, 0.15) is 0 Å². The number of hydrogen-bond donors (Lipinski definition) is 0. The zero-order chi connectivity index (χ0) is 13.3. The molecule has 1 atom stereocenters. The van der Waals surface area contributed by atoms with Gasteiger partial charge in [0, 0.05) is 30.1 Å². The number of hydrogen-bond acceptors (Lipinski definition) is 2. The summed E-state index contributed by atoms with van der Waals surface area (Å²) in [4.78, 5) is 16.7. The van der Waals surface area contributed by atoms with Crippen molar-refractivity contribution in [1.82, 2.24) is 9.80 Å². The molecule has 0 bridgehead atoms. The summed E-state index contributed by atoms with van der Waals surface area (Å²) in [5.74, 6) is 0.130. The van der Waals surface area contributed by atoms with Gasteiger partial charge >= 0.3 is 0 Å². The number of amides is 1. The van der Waals surface area contributed by atoms with Crippen LogP contribution in [0, 0.1) is 6.92 Å². The average molecular weight is 311 g/mol. The van der Waals surface area contributed by atoms with E-state index in [9.17, 15) is 4.79 Å². The number of piperazine rings is 1. The van der Waals surface area contributed by atoms with Crippen molar-refractivity contribution in [3.8, 4) is 0 Å². The van der Waals surface area contributed by atoms with E-state index in [1.165, 1.54) is 0 Å². The molecule has 18 heavy (non-hydrogen) atoms. The van der Waals surface area contributed by atoms with Crippen LogP contribution in [0.2, 0.25) is 0 Å². The zero-order valence-electron chi connectivity index (χ0n) is 11.1. The Morgan fingerprint density at radius 3 is 2.78 bits per heavy atom. The summed E-state index contributed by atoms with van der Waals surface area (Å²) in [6, 6.07) is 6.26. The largest absolute Gasteiger partial charge is 0.336 e. The Morgan fingerprint density at radius 2 is 2.11 bits per heavy atom. The highest BCUT2D eigenvalue weighted by molar-refractivity contribution is 9.10. The van der Waals surface area contributed by atoms with Gasteiger partial charge in [-0.2, -0.15) is 0 Å². The van der Waals surface area contributed by atoms with Crippen LogP contribution in [0.15, 0.2) is 22.7 Å². The molecule has 0 saturated carbocycles. The van der Waals surface area contributed by atoms with Crippen molar-refractivity contribution in [2.45, 2.75) is 19.9 Å². The molecule has 0 spiro atoms. The van der Waals surface area contributed by atoms with Crippen molar-refractivity contribution in [3.05, 3.63) is 33.8 Å². The minimum atomic E-state index is 0.130. The van der Waals surface area contributed by atoms with Gasteiger partial charge in [0.15, 0.2) is 0 Å². The molecule has 1 aliphatic heterocycles. The Kier molecular flexibility index (Phi) is 4.07. The molecule has 98 valence electrons. The highest BCUT2D eigenvalue weighted by Crippen LogP contribution is 2.23. The summed E-state index contributed by atoms with van der Waals surface area (Å²) in [7, 11) is 2.11. The van der Waals surface area contributed by atoms with Crippen LogP contribution in [0.25, 0.3) is 0 Å². The fourth-order valence-electron chi connectivity index (χ4n) is 2.22. The Bertz CT molecular complexity index is 461. The molecule has 0 N–H and O–H groups in total. The first-order valence-electron chi connectivity index (χ1n) is 6.25. The summed E-state index contributed by atoms with van der Waals surface area (Å²) in [5, 5.41) is 0. The zero-order valence-corrected chi connectivity index (χ0v) is 12.7. The van der Waals surface area contributed by atoms with Gasteiger partial charge in [-0.25, -0.2) is 0 Å². The number of benzene rings is 1. The molecular weight excluding hydrogens is 292 g/mol. The number of carbonyl (C=O) groups is 1. The Labute approximate surface area is 117 Å². The molecule has 1 heterocycles. The third-order valence-corrected chi connectivity index (χ3v) is 4.72. The molecule has 0 aromatic heterocycles. The summed E-state index contributed by atoms with van der Waals surface area (Å²) < 4.78 is 0.918. The van der Waals surface area contributed by atoms with Gasteiger partial charge in [0.2, 0.25) is 0 Å². The van der Waals surface area contributed by atoms with E-state index in [4.69, 9.17) is 0 Å². The second kappa shape index (κ2) is 5.41. The molecule has 4 heteroatoms. The third-order valence-electron chi connectivity index (χ3n) is 3.67. The molecule has 1 saturated heterocycles. The summed E-state index contributed by atoms with van der Waals surface area (Å²) in [6.45, 7) is 6.71. The molecule has 0 radical (unpaired) electrons. The van der Waals surface area contributed by atoms with Crippen molar-refractivity contribution in [2.75, 3.05) is 26.7 Å². The number of halogens is 1. The lowest BCUT2D eigenvalue weighted by Crippen LogP contribution is -2.52. The second-order valence-electron chi connectivity index (χ2n) is 5.02. The van der Waals surface area contributed by atoms with Gasteiger partial charge < -0.3 is 9.80 Å². The van der Waals surface area contributed by atoms with E-state index in [1.54, 1.807) is 0 Å². The minimum absolute atomic E-state index is 0.130. The first-order valence-corrected chi connectivity index (χ1v) is 7.04. The van der Waals surface area contributed by atoms with Crippen LogP contribution in [0.3, 0.4) is 0 Å². The fourth-order valence-corrected chi connectivity index (χ4v) is 2.65. The lowest BCUT2D eigenvalue weighted by atomic mass is 10.1. The van der Waals surface area contributed by atoms with Gasteiger partial charge in [-0.15, -0.1) is 0 Å². The van der Waals surface area contributed by atoms with Crippen molar-refractivity contribution < 1.29 is 4.79 Å². The normalized spacial score (nSPS) is 21.1. The minimum Gasteiger partial charge on any atom is -0.336 e. The van der Waals surface area contributed by atoms with Crippen molar-refractivity contribution >= 4 is 21.8 Å². The number of aryl methyl sites for hydroxylation is 1. The lowest BCUT2D eigenvalue weighted by Gasteiger charge is -2.37. The number of carbonyl (C=O) groups excluding carboxylic acids is 1. The van der Waals surface area contributed by atoms with Gasteiger partial charge in [-0.1, -0.05) is 12.1 Å². The molecule has 1 aromatic rings. The van der Waals surface area contributed by atoms with E-state index in [-0.39, 0.29) is 5.91 Å². The van der Waals surface area contributed by atoms with Crippen LogP contribution in [-0.2, 0) is 0 Å². The van der Waals surface area contributed by atoms with E-state index in [0.29, 0.717) is 6.04 Å². The van der Waals surface area contributed by atoms with Gasteiger partial charge in [0.05, 0.1) is 5.56 Å². The average Bonchev–Trinajstić information content (AvgIpc) is 2.35. The molecule has 1 aromatic carbocycles. The standard InChI is InChI=1S/C14H19BrN2O/c1-10-5-4-6-12(13(10)15)14(18)17-8-7-16(3)11(2)9-17/h4-6,11H,7-9H2,1-3H3. The predicted octanol–water partition coefficient (Wildman–Crippen LogP) is 2.53. The molecular formula is C14H19BrN2O. The van der Waals surface area contributed by atoms with Crippen molar-refractivity contribution in [2.24, 2.45) is 0 Å². The molecule has 3 nitrogen and oxygen atoms in total. The van der Waals surface area contributed by atoms with Crippen LogP contribution >= 0.6 is 15.9 Å². The van der Waals surface area contributed by atoms with Gasteiger partial charge in [-0.05, 0) is 48.5 Å². The smallest absolute Gasteiger partial charge is 0.255 e. The molecule has 1 fully saturated rings. The summed E-state index contributed by atoms with van der Waals surface area (Å²) in [5.41, 5.74) is 1.87. The molecule has 1 amide bonds. The van der Waals surface area contributed by atoms with E-state index in [0.717, 1.165) is 35.2 Å². The summed E-state index contributed by atoms with van der Waals surface area (Å²) in [6.07, 6.45) is 0. The highest BCUT2D eigenvalue weighted by atomic mass is 79.9. The third kappa shape index (κ3) is 2.59. The molecule has 1 aliphatic rings. The maximum atomic E-state index is 12.5. The number of rotatable bonds is 1. The maximum absolute atomic E-state index is 12.5. The molecule has 2 rings (SSSR count). The van der Waals surface area contributed by atoms with Crippen molar-refractivity contribution in [1.29, 1.82) is 0 Å². The Balaban J connectivity index is 2.19. The quantitative estimate of drug-likeness (QED) is 0.796. The van der Waals surface area contributed by atoms with Gasteiger partial charge in [0.25, 0.3) is 5.91 Å². The van der Waals surface area contributed by atoms with Crippen LogP contribution in [0.4, 0.5) is 0 Å². The predicted molar refractivity (Wildman–Crippen MR) is 76.9 cm³/mol. The monoisotopic (exact) mass is 310 g/mol. The second-order valence-corrected chi connectivity index (χ2v) is 5.81. The topological polar surface area (TPSA) is 23.6 Å². The van der Waals surface area contributed by atoms with E-state index >= 15 is 0 Å². The van der Waals surface area contributed by atoms with Crippen LogP contribution in [0.1, 0.15) is 22.8 Å². The van der Waals surface area contributed by atoms with Crippen LogP contribution in [-0.4, -0.2) is 48.4 Å². The van der Waals surface area contributed by atoms with E-state index < -0.39 is 0 Å². The van der Waals surface area contributed by atoms with Crippen LogP contribution in [0.5, 0.6) is 0 Å². The first-order chi connectivity index (χ1) is 8.50. The first kappa shape index (κ1) is 13.6. The van der Waals surface area contributed by atoms with E-state index in [1.807, 2.05) is 30.0 Å². The fraction of sp³-hybridized carbons (Fsp3) is 0.500. The number of likely N-dealkylation sites (N-methyl/N-ethyl adjacent to an activating group) is 1. The van der Waals surface area contributed by atoms with Crippen LogP contribution < -0.4 is 0 Å². The SMILES string of the molecule is Cc1cccc(C(=O)N2CCN(C)C(C)C2)c1Br. The summed E-state index contributed by atoms with van der Waals surface area (Å²) >= 11 is 3.52. The van der Waals surface area contributed by atoms with Crippen molar-refractivity contribution in [3.63, 3.8) is 0 Å². The molecule has 1 unspecified atom stereocenters. The number of nitrogens with zero attached hydrogens (tertiary/aromatic N) is 2.